The van der Waals surface area contributed by atoms with E-state index in [1.165, 1.54) is 48.5 Å². The van der Waals surface area contributed by atoms with Crippen molar-refractivity contribution in [2.45, 2.75) is 0 Å². The van der Waals surface area contributed by atoms with Gasteiger partial charge in [-0.3, -0.25) is 4.79 Å². The quantitative estimate of drug-likeness (QED) is 0.584. The van der Waals surface area contributed by atoms with Gasteiger partial charge in [-0.1, -0.05) is 0 Å². The molecule has 0 spiro atoms. The van der Waals surface area contributed by atoms with Crippen molar-refractivity contribution in [1.29, 1.82) is 0 Å². The third-order valence-electron chi connectivity index (χ3n) is 2.74. The minimum Gasteiger partial charge on any atom is -0.423 e. The maximum atomic E-state index is 11.9. The van der Waals surface area contributed by atoms with Crippen molar-refractivity contribution in [1.82, 2.24) is 0 Å². The van der Waals surface area contributed by atoms with Crippen LogP contribution in [-0.2, 0) is 0 Å². The summed E-state index contributed by atoms with van der Waals surface area (Å²) < 4.78 is 5.15. The van der Waals surface area contributed by atoms with Gasteiger partial charge >= 0.3 is 12.0 Å². The molecule has 2 rings (SSSR count). The first-order valence-electron chi connectivity index (χ1n) is 6.24. The van der Waals surface area contributed by atoms with E-state index in [0.717, 1.165) is 0 Å². The fourth-order valence-corrected chi connectivity index (χ4v) is 1.69. The molecule has 5 N–H and O–H groups in total. The highest BCUT2D eigenvalue weighted by atomic mass is 16.5. The molecule has 0 bridgehead atoms. The van der Waals surface area contributed by atoms with Crippen molar-refractivity contribution >= 4 is 23.6 Å². The zero-order chi connectivity index (χ0) is 16.1. The molecule has 0 unspecified atom stereocenters. The third-order valence-corrected chi connectivity index (χ3v) is 2.74. The minimum atomic E-state index is -0.690. The van der Waals surface area contributed by atoms with Crippen molar-refractivity contribution < 1.29 is 19.1 Å². The van der Waals surface area contributed by atoms with E-state index in [0.29, 0.717) is 16.8 Å². The summed E-state index contributed by atoms with van der Waals surface area (Å²) in [6, 6.07) is 11.2. The molecular weight excluding hydrogens is 286 g/mol. The number of carbonyl (C=O) groups excluding carboxylic acids is 3. The predicted octanol–water partition coefficient (Wildman–Crippen LogP) is 1.50. The summed E-state index contributed by atoms with van der Waals surface area (Å²) in [5.41, 5.74) is 11.2. The molecule has 2 aromatic rings. The van der Waals surface area contributed by atoms with E-state index in [4.69, 9.17) is 16.2 Å². The Kier molecular flexibility index (Phi) is 4.38. The number of anilines is 1. The fourth-order valence-electron chi connectivity index (χ4n) is 1.69. The van der Waals surface area contributed by atoms with Gasteiger partial charge in [-0.25, -0.2) is 9.59 Å². The first-order chi connectivity index (χ1) is 10.5. The van der Waals surface area contributed by atoms with Gasteiger partial charge in [-0.05, 0) is 48.5 Å². The van der Waals surface area contributed by atoms with Crippen LogP contribution in [0.5, 0.6) is 5.75 Å². The van der Waals surface area contributed by atoms with Gasteiger partial charge in [0.15, 0.2) is 0 Å². The minimum absolute atomic E-state index is 0.286. The van der Waals surface area contributed by atoms with E-state index in [-0.39, 0.29) is 5.75 Å². The normalized spacial score (nSPS) is 9.82. The molecule has 0 saturated carbocycles. The smallest absolute Gasteiger partial charge is 0.343 e. The molecule has 112 valence electrons. The van der Waals surface area contributed by atoms with Gasteiger partial charge in [-0.15, -0.1) is 0 Å². The van der Waals surface area contributed by atoms with E-state index in [1.54, 1.807) is 0 Å². The van der Waals surface area contributed by atoms with Crippen molar-refractivity contribution in [3.05, 3.63) is 59.7 Å². The lowest BCUT2D eigenvalue weighted by Crippen LogP contribution is -2.19. The molecule has 0 aromatic heterocycles. The Morgan fingerprint density at radius 3 is 1.86 bits per heavy atom. The number of nitrogens with one attached hydrogen (secondary N) is 1. The number of rotatable bonds is 4. The van der Waals surface area contributed by atoms with Crippen molar-refractivity contribution in [3.8, 4) is 5.75 Å². The monoisotopic (exact) mass is 299 g/mol. The zero-order valence-electron chi connectivity index (χ0n) is 11.4. The molecular formula is C15H13N3O4. The fraction of sp³-hybridized carbons (Fsp3) is 0. The number of ether oxygens (including phenoxy) is 1. The van der Waals surface area contributed by atoms with Gasteiger partial charge in [0.05, 0.1) is 5.56 Å². The van der Waals surface area contributed by atoms with Crippen LogP contribution in [0.3, 0.4) is 0 Å². The van der Waals surface area contributed by atoms with Crippen molar-refractivity contribution in [3.63, 3.8) is 0 Å². The van der Waals surface area contributed by atoms with Gasteiger partial charge in [0.25, 0.3) is 0 Å². The van der Waals surface area contributed by atoms with Crippen LogP contribution in [-0.4, -0.2) is 17.9 Å². The number of esters is 1. The summed E-state index contributed by atoms with van der Waals surface area (Å²) in [5, 5.41) is 2.38. The summed E-state index contributed by atoms with van der Waals surface area (Å²) in [6.45, 7) is 0. The lowest BCUT2D eigenvalue weighted by Gasteiger charge is -2.06. The first-order valence-corrected chi connectivity index (χ1v) is 6.24. The Balaban J connectivity index is 2.05. The maximum absolute atomic E-state index is 11.9. The topological polar surface area (TPSA) is 125 Å². The average Bonchev–Trinajstić information content (AvgIpc) is 2.48. The van der Waals surface area contributed by atoms with E-state index in [2.05, 4.69) is 5.32 Å². The van der Waals surface area contributed by atoms with Gasteiger partial charge < -0.3 is 21.5 Å². The molecule has 0 aliphatic carbocycles. The Bertz CT molecular complexity index is 709. The second-order valence-corrected chi connectivity index (χ2v) is 4.34. The van der Waals surface area contributed by atoms with Gasteiger partial charge in [0.2, 0.25) is 5.91 Å². The molecule has 3 amide bonds. The average molecular weight is 299 g/mol. The highest BCUT2D eigenvalue weighted by molar-refractivity contribution is 5.94. The number of amides is 3. The molecule has 0 fully saturated rings. The van der Waals surface area contributed by atoms with Crippen LogP contribution >= 0.6 is 0 Å². The molecule has 0 aliphatic heterocycles. The van der Waals surface area contributed by atoms with E-state index in [9.17, 15) is 14.4 Å². The second kappa shape index (κ2) is 6.40. The molecule has 7 heteroatoms. The Labute approximate surface area is 125 Å². The predicted molar refractivity (Wildman–Crippen MR) is 79.6 cm³/mol. The number of primary amides is 2. The Morgan fingerprint density at radius 1 is 0.818 bits per heavy atom. The van der Waals surface area contributed by atoms with Crippen molar-refractivity contribution in [2.24, 2.45) is 11.5 Å². The first kappa shape index (κ1) is 15.0. The van der Waals surface area contributed by atoms with Gasteiger partial charge in [0.1, 0.15) is 5.75 Å². The van der Waals surface area contributed by atoms with Crippen LogP contribution in [0.2, 0.25) is 0 Å². The summed E-state index contributed by atoms with van der Waals surface area (Å²) in [5.74, 6) is -0.845. The lowest BCUT2D eigenvalue weighted by atomic mass is 10.2. The molecule has 0 aliphatic rings. The molecule has 2 aromatic carbocycles. The highest BCUT2D eigenvalue weighted by Gasteiger charge is 2.09. The number of carbonyl (C=O) groups is 3. The van der Waals surface area contributed by atoms with Crippen LogP contribution in [0.15, 0.2) is 48.5 Å². The molecule has 0 atom stereocenters. The summed E-state index contributed by atoms with van der Waals surface area (Å²) in [4.78, 5) is 33.6. The zero-order valence-corrected chi connectivity index (χ0v) is 11.4. The molecule has 22 heavy (non-hydrogen) atoms. The molecule has 0 heterocycles. The van der Waals surface area contributed by atoms with E-state index >= 15 is 0 Å². The van der Waals surface area contributed by atoms with Gasteiger partial charge in [-0.2, -0.15) is 0 Å². The number of hydrogen-bond donors (Lipinski definition) is 3. The van der Waals surface area contributed by atoms with Crippen LogP contribution < -0.4 is 21.5 Å². The molecule has 0 saturated heterocycles. The Morgan fingerprint density at radius 2 is 1.36 bits per heavy atom. The number of benzene rings is 2. The third kappa shape index (κ3) is 3.83. The summed E-state index contributed by atoms with van der Waals surface area (Å²) >= 11 is 0. The van der Waals surface area contributed by atoms with Crippen LogP contribution in [0.1, 0.15) is 20.7 Å². The molecule has 0 radical (unpaired) electrons. The largest absolute Gasteiger partial charge is 0.423 e. The van der Waals surface area contributed by atoms with Crippen molar-refractivity contribution in [2.75, 3.05) is 5.32 Å². The second-order valence-electron chi connectivity index (χ2n) is 4.34. The Hall–Kier alpha value is -3.35. The van der Waals surface area contributed by atoms with E-state index < -0.39 is 17.9 Å². The lowest BCUT2D eigenvalue weighted by molar-refractivity contribution is 0.0734. The number of urea groups is 1. The van der Waals surface area contributed by atoms with Gasteiger partial charge in [0, 0.05) is 11.3 Å². The number of hydrogen-bond acceptors (Lipinski definition) is 4. The summed E-state index contributed by atoms with van der Waals surface area (Å²) in [7, 11) is 0. The van der Waals surface area contributed by atoms with E-state index in [1.807, 2.05) is 0 Å². The molecule has 7 nitrogen and oxygen atoms in total. The summed E-state index contributed by atoms with van der Waals surface area (Å²) in [6.07, 6.45) is 0. The SMILES string of the molecule is NC(=O)Nc1ccc(C(=O)Oc2ccc(C(N)=O)cc2)cc1. The number of nitrogens with two attached hydrogens (primary N) is 2. The maximum Gasteiger partial charge on any atom is 0.343 e. The van der Waals surface area contributed by atoms with Crippen LogP contribution in [0, 0.1) is 0 Å². The standard InChI is InChI=1S/C15H13N3O4/c16-13(19)9-3-7-12(8-4-9)22-14(20)10-1-5-11(6-2-10)18-15(17)21/h1-8H,(H2,16,19)(H3,17,18,21). The highest BCUT2D eigenvalue weighted by Crippen LogP contribution is 2.15. The van der Waals surface area contributed by atoms with Crippen LogP contribution in [0.25, 0.3) is 0 Å². The van der Waals surface area contributed by atoms with Crippen LogP contribution in [0.4, 0.5) is 10.5 Å².